The van der Waals surface area contributed by atoms with Crippen molar-refractivity contribution in [2.24, 2.45) is 5.92 Å². The van der Waals surface area contributed by atoms with Crippen LogP contribution in [0.2, 0.25) is 0 Å². The molecule has 3 nitrogen and oxygen atoms in total. The average molecular weight is 283 g/mol. The van der Waals surface area contributed by atoms with Gasteiger partial charge in [0.2, 0.25) is 0 Å². The molecule has 0 aliphatic heterocycles. The van der Waals surface area contributed by atoms with E-state index >= 15 is 0 Å². The zero-order valence-corrected chi connectivity index (χ0v) is 12.4. The highest BCUT2D eigenvalue weighted by Crippen LogP contribution is 2.26. The second-order valence-electron chi connectivity index (χ2n) is 5.62. The summed E-state index contributed by atoms with van der Waals surface area (Å²) in [6, 6.07) is 17.4. The molecule has 110 valence electrons. The van der Waals surface area contributed by atoms with Gasteiger partial charge in [0.05, 0.1) is 11.6 Å². The summed E-state index contributed by atoms with van der Waals surface area (Å²) >= 11 is 0. The third-order valence-corrected chi connectivity index (χ3v) is 3.36. The standard InChI is InChI=1S/C18H21NO2/c1-13(2)11-17(14-7-4-3-5-8-14)19-16-10-6-9-15(12-16)18(20)21/h3-10,12-13,17,19H,11H2,1-2H3,(H,20,21). The molecule has 0 amide bonds. The maximum Gasteiger partial charge on any atom is 0.335 e. The van der Waals surface area contributed by atoms with Crippen LogP contribution in [0, 0.1) is 5.92 Å². The topological polar surface area (TPSA) is 49.3 Å². The molecule has 0 aromatic heterocycles. The monoisotopic (exact) mass is 283 g/mol. The van der Waals surface area contributed by atoms with Gasteiger partial charge in [-0.05, 0) is 36.1 Å². The van der Waals surface area contributed by atoms with E-state index in [-0.39, 0.29) is 6.04 Å². The highest BCUT2D eigenvalue weighted by molar-refractivity contribution is 5.88. The van der Waals surface area contributed by atoms with Gasteiger partial charge >= 0.3 is 5.97 Å². The second-order valence-corrected chi connectivity index (χ2v) is 5.62. The minimum absolute atomic E-state index is 0.176. The fraction of sp³-hybridized carbons (Fsp3) is 0.278. The molecule has 3 heteroatoms. The number of nitrogens with one attached hydrogen (secondary N) is 1. The Hall–Kier alpha value is -2.29. The number of carbonyl (C=O) groups is 1. The van der Waals surface area contributed by atoms with Crippen molar-refractivity contribution in [3.63, 3.8) is 0 Å². The third kappa shape index (κ3) is 4.35. The van der Waals surface area contributed by atoms with E-state index in [0.29, 0.717) is 11.5 Å². The van der Waals surface area contributed by atoms with Crippen molar-refractivity contribution in [1.82, 2.24) is 0 Å². The van der Waals surface area contributed by atoms with Gasteiger partial charge in [-0.3, -0.25) is 0 Å². The van der Waals surface area contributed by atoms with Crippen LogP contribution in [0.25, 0.3) is 0 Å². The Morgan fingerprint density at radius 1 is 1.10 bits per heavy atom. The molecular weight excluding hydrogens is 262 g/mol. The first-order chi connectivity index (χ1) is 10.1. The van der Waals surface area contributed by atoms with Gasteiger partial charge in [-0.15, -0.1) is 0 Å². The summed E-state index contributed by atoms with van der Waals surface area (Å²) in [4.78, 5) is 11.1. The van der Waals surface area contributed by atoms with Crippen LogP contribution in [-0.4, -0.2) is 11.1 Å². The van der Waals surface area contributed by atoms with Crippen molar-refractivity contribution in [1.29, 1.82) is 0 Å². The summed E-state index contributed by atoms with van der Waals surface area (Å²) in [5.74, 6) is -0.357. The Morgan fingerprint density at radius 2 is 1.81 bits per heavy atom. The number of carboxylic acids is 1. The van der Waals surface area contributed by atoms with E-state index in [0.717, 1.165) is 12.1 Å². The number of rotatable bonds is 6. The van der Waals surface area contributed by atoms with Gasteiger partial charge in [-0.1, -0.05) is 50.2 Å². The van der Waals surface area contributed by atoms with Crippen LogP contribution in [0.4, 0.5) is 5.69 Å². The molecule has 1 unspecified atom stereocenters. The molecular formula is C18H21NO2. The average Bonchev–Trinajstić information content (AvgIpc) is 2.47. The quantitative estimate of drug-likeness (QED) is 0.815. The first kappa shape index (κ1) is 15.1. The zero-order valence-electron chi connectivity index (χ0n) is 12.4. The summed E-state index contributed by atoms with van der Waals surface area (Å²) in [6.45, 7) is 4.37. The van der Waals surface area contributed by atoms with Crippen molar-refractivity contribution >= 4 is 11.7 Å². The van der Waals surface area contributed by atoms with E-state index in [1.165, 1.54) is 5.56 Å². The molecule has 0 saturated heterocycles. The maximum atomic E-state index is 11.1. The number of aromatic carboxylic acids is 1. The van der Waals surface area contributed by atoms with Crippen LogP contribution >= 0.6 is 0 Å². The van der Waals surface area contributed by atoms with Gasteiger partial charge in [0.15, 0.2) is 0 Å². The number of hydrogen-bond donors (Lipinski definition) is 2. The Labute approximate surface area is 125 Å². The lowest BCUT2D eigenvalue weighted by Crippen LogP contribution is -2.13. The number of anilines is 1. The predicted molar refractivity (Wildman–Crippen MR) is 85.7 cm³/mol. The van der Waals surface area contributed by atoms with Crippen LogP contribution in [0.5, 0.6) is 0 Å². The van der Waals surface area contributed by atoms with E-state index in [2.05, 4.69) is 31.3 Å². The molecule has 0 fully saturated rings. The summed E-state index contributed by atoms with van der Waals surface area (Å²) in [5.41, 5.74) is 2.35. The normalized spacial score (nSPS) is 12.1. The molecule has 0 heterocycles. The second kappa shape index (κ2) is 6.93. The van der Waals surface area contributed by atoms with Gasteiger partial charge in [0, 0.05) is 5.69 Å². The first-order valence-electron chi connectivity index (χ1n) is 7.21. The third-order valence-electron chi connectivity index (χ3n) is 3.36. The molecule has 2 N–H and O–H groups in total. The molecule has 2 aromatic carbocycles. The van der Waals surface area contributed by atoms with Crippen LogP contribution in [-0.2, 0) is 0 Å². The molecule has 2 rings (SSSR count). The van der Waals surface area contributed by atoms with Gasteiger partial charge in [-0.2, -0.15) is 0 Å². The van der Waals surface area contributed by atoms with Crippen molar-refractivity contribution in [2.45, 2.75) is 26.3 Å². The molecule has 0 radical (unpaired) electrons. The summed E-state index contributed by atoms with van der Waals surface area (Å²) in [6.07, 6.45) is 0.987. The van der Waals surface area contributed by atoms with Crippen molar-refractivity contribution in [3.8, 4) is 0 Å². The van der Waals surface area contributed by atoms with E-state index in [1.54, 1.807) is 18.2 Å². The number of carboxylic acid groups (broad SMARTS) is 1. The highest BCUT2D eigenvalue weighted by Gasteiger charge is 2.13. The summed E-state index contributed by atoms with van der Waals surface area (Å²) < 4.78 is 0. The van der Waals surface area contributed by atoms with Gasteiger partial charge in [0.25, 0.3) is 0 Å². The van der Waals surface area contributed by atoms with Gasteiger partial charge < -0.3 is 10.4 Å². The summed E-state index contributed by atoms with van der Waals surface area (Å²) in [5, 5.41) is 12.5. The zero-order chi connectivity index (χ0) is 15.2. The van der Waals surface area contributed by atoms with E-state index in [9.17, 15) is 4.79 Å². The molecule has 0 aliphatic rings. The van der Waals surface area contributed by atoms with Crippen molar-refractivity contribution in [3.05, 3.63) is 65.7 Å². The predicted octanol–water partition coefficient (Wildman–Crippen LogP) is 4.58. The largest absolute Gasteiger partial charge is 0.478 e. The fourth-order valence-electron chi connectivity index (χ4n) is 2.38. The number of benzene rings is 2. The van der Waals surface area contributed by atoms with E-state index in [4.69, 9.17) is 5.11 Å². The molecule has 0 saturated carbocycles. The van der Waals surface area contributed by atoms with Crippen LogP contribution < -0.4 is 5.32 Å². The van der Waals surface area contributed by atoms with E-state index in [1.807, 2.05) is 24.3 Å². The Balaban J connectivity index is 2.23. The Morgan fingerprint density at radius 3 is 2.43 bits per heavy atom. The lowest BCUT2D eigenvalue weighted by Gasteiger charge is -2.22. The van der Waals surface area contributed by atoms with Crippen molar-refractivity contribution < 1.29 is 9.90 Å². The lowest BCUT2D eigenvalue weighted by atomic mass is 9.96. The molecule has 0 bridgehead atoms. The lowest BCUT2D eigenvalue weighted by molar-refractivity contribution is 0.0697. The molecule has 21 heavy (non-hydrogen) atoms. The molecule has 0 spiro atoms. The molecule has 1 atom stereocenters. The summed E-state index contributed by atoms with van der Waals surface area (Å²) in [7, 11) is 0. The van der Waals surface area contributed by atoms with E-state index < -0.39 is 5.97 Å². The van der Waals surface area contributed by atoms with Gasteiger partial charge in [0.1, 0.15) is 0 Å². The van der Waals surface area contributed by atoms with Crippen LogP contribution in [0.3, 0.4) is 0 Å². The SMILES string of the molecule is CC(C)CC(Nc1cccc(C(=O)O)c1)c1ccccc1. The first-order valence-corrected chi connectivity index (χ1v) is 7.21. The minimum Gasteiger partial charge on any atom is -0.478 e. The Bertz CT molecular complexity index is 593. The molecule has 0 aliphatic carbocycles. The highest BCUT2D eigenvalue weighted by atomic mass is 16.4. The van der Waals surface area contributed by atoms with Gasteiger partial charge in [-0.25, -0.2) is 4.79 Å². The smallest absolute Gasteiger partial charge is 0.335 e. The number of hydrogen-bond acceptors (Lipinski definition) is 2. The molecule has 2 aromatic rings. The van der Waals surface area contributed by atoms with Crippen LogP contribution in [0.15, 0.2) is 54.6 Å². The Kier molecular flexibility index (Phi) is 4.99. The van der Waals surface area contributed by atoms with Crippen LogP contribution in [0.1, 0.15) is 42.2 Å². The maximum absolute atomic E-state index is 11.1. The minimum atomic E-state index is -0.904. The fourth-order valence-corrected chi connectivity index (χ4v) is 2.38. The van der Waals surface area contributed by atoms with Crippen molar-refractivity contribution in [2.75, 3.05) is 5.32 Å².